The number of carbonyl (C=O) groups excluding carboxylic acids is 3. The van der Waals surface area contributed by atoms with Crippen molar-refractivity contribution in [1.29, 1.82) is 0 Å². The largest absolute Gasteiger partial charge is 0.455 e. The van der Waals surface area contributed by atoms with Crippen molar-refractivity contribution >= 4 is 75.1 Å². The number of nitrogen functional groups attached to an aromatic ring is 1. The number of thioether (sulfide) groups is 2. The van der Waals surface area contributed by atoms with Crippen LogP contribution in [-0.4, -0.2) is 76.3 Å². The maximum atomic E-state index is 13.0. The molecule has 1 fully saturated rings. The number of rotatable bonds is 9. The lowest BCUT2D eigenvalue weighted by molar-refractivity contribution is -0.152. The van der Waals surface area contributed by atoms with Crippen LogP contribution in [0.2, 0.25) is 0 Å². The second-order valence-electron chi connectivity index (χ2n) is 6.53. The number of hydrogen-bond donors (Lipinski definition) is 2. The minimum Gasteiger partial charge on any atom is -0.455 e. The molecule has 3 rings (SSSR count). The molecule has 1 aromatic rings. The Hall–Kier alpha value is -2.22. The van der Waals surface area contributed by atoms with Crippen LogP contribution in [0.3, 0.4) is 0 Å². The predicted octanol–water partition coefficient (Wildman–Crippen LogP) is 1.39. The van der Waals surface area contributed by atoms with Gasteiger partial charge in [-0.3, -0.25) is 14.5 Å². The minimum absolute atomic E-state index is 0.105. The fourth-order valence-corrected chi connectivity index (χ4v) is 5.74. The van der Waals surface area contributed by atoms with Crippen LogP contribution in [0.4, 0.5) is 5.13 Å². The van der Waals surface area contributed by atoms with Crippen molar-refractivity contribution in [2.75, 3.05) is 37.2 Å². The van der Waals surface area contributed by atoms with Gasteiger partial charge in [-0.2, -0.15) is 11.8 Å². The Morgan fingerprint density at radius 3 is 2.88 bits per heavy atom. The van der Waals surface area contributed by atoms with Crippen molar-refractivity contribution in [3.8, 4) is 0 Å². The average Bonchev–Trinajstić information content (AvgIpc) is 3.19. The molecule has 3 heterocycles. The highest BCUT2D eigenvalue weighted by Gasteiger charge is 2.54. The van der Waals surface area contributed by atoms with Gasteiger partial charge in [0.25, 0.3) is 11.8 Å². The predicted molar refractivity (Wildman–Crippen MR) is 126 cm³/mol. The molecule has 0 radical (unpaired) electrons. The number of ether oxygens (including phenoxy) is 1. The minimum atomic E-state index is -0.854. The highest BCUT2D eigenvalue weighted by Crippen LogP contribution is 2.41. The first-order valence-corrected chi connectivity index (χ1v) is 12.8. The number of aromatic nitrogens is 1. The number of β-lactam (4-membered cyclic amide) rings is 1. The number of nitrogens with one attached hydrogen (secondary N) is 1. The summed E-state index contributed by atoms with van der Waals surface area (Å²) in [5.41, 5.74) is 6.74. The number of nitrogens with two attached hydrogens (primary N) is 1. The average molecular weight is 518 g/mol. The molecule has 0 spiro atoms. The third-order valence-electron chi connectivity index (χ3n) is 4.37. The first kappa shape index (κ1) is 24.4. The van der Waals surface area contributed by atoms with Crippen molar-refractivity contribution in [2.24, 2.45) is 5.16 Å². The standard InChI is InChI=1S/C18H20ClN5O5S3/c1-8(19)4-29-17(27)13-9(5-30-3)6-31-16-12(15(26)24(13)16)22-14(25)11(23-28-2)10-7-32-18(20)21-10/h7,12,16H,1,4-6H2,2-3H3,(H2,20,21)(H,22,25)/t12?,16-/m1/s1. The van der Waals surface area contributed by atoms with E-state index in [2.05, 4.69) is 22.0 Å². The summed E-state index contributed by atoms with van der Waals surface area (Å²) < 4.78 is 5.18. The van der Waals surface area contributed by atoms with E-state index in [4.69, 9.17) is 26.9 Å². The SMILES string of the molecule is C=C(Cl)COC(=O)C1=C(CSC)CS[C@@H]2C(NC(=O)C(=NOC)c3csc(N)n3)C(=O)N12. The molecule has 3 N–H and O–H groups in total. The van der Waals surface area contributed by atoms with Crippen LogP contribution in [0, 0.1) is 0 Å². The molecule has 2 aliphatic heterocycles. The molecule has 0 bridgehead atoms. The van der Waals surface area contributed by atoms with Crippen molar-refractivity contribution < 1.29 is 24.0 Å². The number of amides is 2. The number of fused-ring (bicyclic) bond motifs is 1. The quantitative estimate of drug-likeness (QED) is 0.215. The van der Waals surface area contributed by atoms with Gasteiger partial charge >= 0.3 is 5.97 Å². The highest BCUT2D eigenvalue weighted by molar-refractivity contribution is 8.00. The van der Waals surface area contributed by atoms with E-state index in [0.717, 1.165) is 16.9 Å². The Bertz CT molecular complexity index is 1010. The van der Waals surface area contributed by atoms with Crippen LogP contribution in [-0.2, 0) is 24.0 Å². The smallest absolute Gasteiger partial charge is 0.355 e. The number of nitrogens with zero attached hydrogens (tertiary/aromatic N) is 3. The lowest BCUT2D eigenvalue weighted by Gasteiger charge is -2.49. The van der Waals surface area contributed by atoms with Gasteiger partial charge in [0.05, 0.1) is 0 Å². The van der Waals surface area contributed by atoms with E-state index in [1.54, 1.807) is 5.38 Å². The third kappa shape index (κ3) is 5.05. The molecule has 2 amide bonds. The Morgan fingerprint density at radius 2 is 2.28 bits per heavy atom. The van der Waals surface area contributed by atoms with Gasteiger partial charge in [0.15, 0.2) is 10.8 Å². The molecule has 1 unspecified atom stereocenters. The van der Waals surface area contributed by atoms with Crippen LogP contribution in [0.25, 0.3) is 0 Å². The van der Waals surface area contributed by atoms with Crippen LogP contribution >= 0.6 is 46.5 Å². The van der Waals surface area contributed by atoms with E-state index < -0.39 is 29.2 Å². The summed E-state index contributed by atoms with van der Waals surface area (Å²) in [4.78, 5) is 48.6. The van der Waals surface area contributed by atoms with E-state index in [1.165, 1.54) is 35.5 Å². The zero-order chi connectivity index (χ0) is 23.4. The van der Waals surface area contributed by atoms with Gasteiger partial charge in [-0.15, -0.1) is 23.1 Å². The summed E-state index contributed by atoms with van der Waals surface area (Å²) in [5, 5.41) is 7.91. The highest BCUT2D eigenvalue weighted by atomic mass is 35.5. The molecule has 0 aromatic carbocycles. The molecular formula is C18H20ClN5O5S3. The van der Waals surface area contributed by atoms with Gasteiger partial charge in [-0.1, -0.05) is 23.3 Å². The zero-order valence-corrected chi connectivity index (χ0v) is 20.3. The van der Waals surface area contributed by atoms with E-state index in [9.17, 15) is 14.4 Å². The van der Waals surface area contributed by atoms with E-state index in [0.29, 0.717) is 11.5 Å². The lowest BCUT2D eigenvalue weighted by Crippen LogP contribution is -2.71. The topological polar surface area (TPSA) is 136 Å². The number of anilines is 1. The summed E-state index contributed by atoms with van der Waals surface area (Å²) in [7, 11) is 1.29. The first-order chi connectivity index (χ1) is 15.3. The molecule has 14 heteroatoms. The van der Waals surface area contributed by atoms with Crippen LogP contribution in [0.15, 0.2) is 33.4 Å². The number of thiazole rings is 1. The van der Waals surface area contributed by atoms with Crippen molar-refractivity contribution in [3.05, 3.63) is 34.0 Å². The summed E-state index contributed by atoms with van der Waals surface area (Å²) in [6, 6.07) is -0.854. The number of esters is 1. The van der Waals surface area contributed by atoms with Crippen molar-refractivity contribution in [1.82, 2.24) is 15.2 Å². The molecule has 32 heavy (non-hydrogen) atoms. The lowest BCUT2D eigenvalue weighted by atomic mass is 10.0. The molecule has 2 aliphatic rings. The maximum absolute atomic E-state index is 13.0. The van der Waals surface area contributed by atoms with Crippen LogP contribution in [0.1, 0.15) is 5.69 Å². The Balaban J connectivity index is 1.78. The van der Waals surface area contributed by atoms with E-state index in [1.807, 2.05) is 6.26 Å². The van der Waals surface area contributed by atoms with Crippen molar-refractivity contribution in [3.63, 3.8) is 0 Å². The molecule has 0 saturated carbocycles. The van der Waals surface area contributed by atoms with Gasteiger partial charge in [0.1, 0.15) is 36.5 Å². The van der Waals surface area contributed by atoms with Gasteiger partial charge in [0.2, 0.25) is 0 Å². The third-order valence-corrected chi connectivity index (χ3v) is 7.13. The van der Waals surface area contributed by atoms with E-state index >= 15 is 0 Å². The zero-order valence-electron chi connectivity index (χ0n) is 17.1. The molecule has 1 saturated heterocycles. The normalized spacial score (nSPS) is 20.4. The number of hydrogen-bond acceptors (Lipinski definition) is 11. The number of oxime groups is 1. The second-order valence-corrected chi connectivity index (χ2v) is 9.93. The van der Waals surface area contributed by atoms with Gasteiger partial charge in [-0.25, -0.2) is 9.78 Å². The maximum Gasteiger partial charge on any atom is 0.355 e. The van der Waals surface area contributed by atoms with E-state index in [-0.39, 0.29) is 33.9 Å². The molecule has 1 aromatic heterocycles. The Morgan fingerprint density at radius 1 is 1.53 bits per heavy atom. The molecule has 0 aliphatic carbocycles. The number of halogens is 1. The molecular weight excluding hydrogens is 498 g/mol. The Kier molecular flexibility index (Phi) is 8.09. The molecule has 172 valence electrons. The summed E-state index contributed by atoms with van der Waals surface area (Å²) in [6.07, 6.45) is 1.90. The monoisotopic (exact) mass is 517 g/mol. The van der Waals surface area contributed by atoms with Gasteiger partial charge < -0.3 is 20.6 Å². The van der Waals surface area contributed by atoms with Gasteiger partial charge in [0, 0.05) is 21.9 Å². The fourth-order valence-electron chi connectivity index (χ4n) is 3.07. The summed E-state index contributed by atoms with van der Waals surface area (Å²) in [6.45, 7) is 3.33. The van der Waals surface area contributed by atoms with Gasteiger partial charge in [-0.05, 0) is 11.8 Å². The first-order valence-electron chi connectivity index (χ1n) is 9.07. The Labute approximate surface area is 201 Å². The molecule has 10 nitrogen and oxygen atoms in total. The van der Waals surface area contributed by atoms with Crippen molar-refractivity contribution in [2.45, 2.75) is 11.4 Å². The number of carbonyl (C=O) groups is 3. The van der Waals surface area contributed by atoms with Crippen LogP contribution < -0.4 is 11.1 Å². The van der Waals surface area contributed by atoms with Crippen LogP contribution in [0.5, 0.6) is 0 Å². The second kappa shape index (κ2) is 10.6. The summed E-state index contributed by atoms with van der Waals surface area (Å²) in [5.74, 6) is -0.658. The fraction of sp³-hybridized carbons (Fsp3) is 0.389. The molecule has 2 atom stereocenters. The summed E-state index contributed by atoms with van der Waals surface area (Å²) >= 11 is 9.82.